The van der Waals surface area contributed by atoms with Gasteiger partial charge in [-0.25, -0.2) is 0 Å². The van der Waals surface area contributed by atoms with E-state index in [0.29, 0.717) is 22.1 Å². The summed E-state index contributed by atoms with van der Waals surface area (Å²) in [7, 11) is 1.46. The molecule has 0 radical (unpaired) electrons. The van der Waals surface area contributed by atoms with E-state index in [9.17, 15) is 9.90 Å². The molecule has 3 rings (SSSR count). The molecule has 7 heteroatoms. The van der Waals surface area contributed by atoms with Gasteiger partial charge in [0.2, 0.25) is 0 Å². The van der Waals surface area contributed by atoms with Crippen LogP contribution in [0.15, 0.2) is 65.1 Å². The lowest BCUT2D eigenvalue weighted by atomic mass is 10.0. The van der Waals surface area contributed by atoms with Crippen molar-refractivity contribution < 1.29 is 14.6 Å². The summed E-state index contributed by atoms with van der Waals surface area (Å²) in [4.78, 5) is 13.2. The number of halogens is 2. The Hall–Kier alpha value is -2.70. The number of ether oxygens (including phenoxy) is 1. The molecule has 0 heterocycles. The van der Waals surface area contributed by atoms with Gasteiger partial charge in [0, 0.05) is 16.2 Å². The number of amides is 1. The van der Waals surface area contributed by atoms with E-state index in [1.807, 2.05) is 49.4 Å². The molecule has 0 aliphatic carbocycles. The van der Waals surface area contributed by atoms with Crippen molar-refractivity contribution in [3.05, 3.63) is 81.3 Å². The van der Waals surface area contributed by atoms with Crippen LogP contribution in [0, 0.1) is 6.92 Å². The Kier molecular flexibility index (Phi) is 6.67. The number of aromatic hydroxyl groups is 1. The number of benzene rings is 3. The zero-order valence-corrected chi connectivity index (χ0v) is 18.2. The summed E-state index contributed by atoms with van der Waals surface area (Å²) in [6.07, 6.45) is 0. The number of nitrogens with one attached hydrogen (secondary N) is 2. The SMILES string of the molecule is COc1ccc(NC(=O)C(Nc2ccc(C)cc2Cl)c2ccccc2Br)cc1O. The van der Waals surface area contributed by atoms with E-state index >= 15 is 0 Å². The van der Waals surface area contributed by atoms with Gasteiger partial charge in [0.05, 0.1) is 17.8 Å². The van der Waals surface area contributed by atoms with Crippen molar-refractivity contribution in [1.82, 2.24) is 0 Å². The van der Waals surface area contributed by atoms with Crippen LogP contribution < -0.4 is 15.4 Å². The van der Waals surface area contributed by atoms with Crippen LogP contribution in [0.1, 0.15) is 17.2 Å². The van der Waals surface area contributed by atoms with Crippen LogP contribution in [0.3, 0.4) is 0 Å². The molecule has 29 heavy (non-hydrogen) atoms. The molecule has 5 nitrogen and oxygen atoms in total. The smallest absolute Gasteiger partial charge is 0.251 e. The fourth-order valence-corrected chi connectivity index (χ4v) is 3.67. The van der Waals surface area contributed by atoms with Crippen LogP contribution in [0.5, 0.6) is 11.5 Å². The minimum atomic E-state index is -0.727. The minimum Gasteiger partial charge on any atom is -0.504 e. The summed E-state index contributed by atoms with van der Waals surface area (Å²) in [5.41, 5.74) is 2.86. The van der Waals surface area contributed by atoms with Crippen LogP contribution in [-0.4, -0.2) is 18.1 Å². The van der Waals surface area contributed by atoms with Gasteiger partial charge in [0.15, 0.2) is 11.5 Å². The molecular weight excluding hydrogens is 456 g/mol. The highest BCUT2D eigenvalue weighted by Crippen LogP contribution is 2.33. The van der Waals surface area contributed by atoms with Gasteiger partial charge in [-0.05, 0) is 48.4 Å². The first kappa shape index (κ1) is 21.0. The maximum Gasteiger partial charge on any atom is 0.251 e. The Morgan fingerprint density at radius 1 is 1.14 bits per heavy atom. The van der Waals surface area contributed by atoms with Gasteiger partial charge in [-0.2, -0.15) is 0 Å². The van der Waals surface area contributed by atoms with Gasteiger partial charge in [-0.15, -0.1) is 0 Å². The largest absolute Gasteiger partial charge is 0.504 e. The van der Waals surface area contributed by atoms with Gasteiger partial charge in [-0.3, -0.25) is 4.79 Å². The molecule has 0 aliphatic rings. The minimum absolute atomic E-state index is 0.0581. The monoisotopic (exact) mass is 474 g/mol. The predicted molar refractivity (Wildman–Crippen MR) is 120 cm³/mol. The van der Waals surface area contributed by atoms with Crippen LogP contribution >= 0.6 is 27.5 Å². The fraction of sp³-hybridized carbons (Fsp3) is 0.136. The molecule has 3 aromatic carbocycles. The molecule has 0 fully saturated rings. The fourth-order valence-electron chi connectivity index (χ4n) is 2.87. The Morgan fingerprint density at radius 2 is 1.90 bits per heavy atom. The molecule has 0 saturated carbocycles. The van der Waals surface area contributed by atoms with Crippen molar-refractivity contribution in [1.29, 1.82) is 0 Å². The third-order valence-electron chi connectivity index (χ3n) is 4.35. The molecule has 3 aromatic rings. The highest BCUT2D eigenvalue weighted by Gasteiger charge is 2.24. The molecule has 150 valence electrons. The maximum atomic E-state index is 13.2. The molecular formula is C22H20BrClN2O3. The van der Waals surface area contributed by atoms with Gasteiger partial charge < -0.3 is 20.5 Å². The molecule has 0 bridgehead atoms. The number of carbonyl (C=O) groups excluding carboxylic acids is 1. The standard InChI is InChI=1S/C22H20BrClN2O3/c1-13-7-9-18(17(24)11-13)26-21(15-5-3-4-6-16(15)23)22(28)25-14-8-10-20(29-2)19(27)12-14/h3-12,21,26-27H,1-2H3,(H,25,28). The van der Waals surface area contributed by atoms with Crippen molar-refractivity contribution in [2.45, 2.75) is 13.0 Å². The van der Waals surface area contributed by atoms with Crippen molar-refractivity contribution >= 4 is 44.8 Å². The quantitative estimate of drug-likeness (QED) is 0.414. The van der Waals surface area contributed by atoms with Gasteiger partial charge in [0.25, 0.3) is 5.91 Å². The molecule has 3 N–H and O–H groups in total. The lowest BCUT2D eigenvalue weighted by molar-refractivity contribution is -0.117. The van der Waals surface area contributed by atoms with E-state index < -0.39 is 6.04 Å². The van der Waals surface area contributed by atoms with E-state index in [-0.39, 0.29) is 11.7 Å². The van der Waals surface area contributed by atoms with Crippen molar-refractivity contribution in [3.63, 3.8) is 0 Å². The van der Waals surface area contributed by atoms with E-state index in [1.165, 1.54) is 13.2 Å². The van der Waals surface area contributed by atoms with E-state index in [4.69, 9.17) is 16.3 Å². The lowest BCUT2D eigenvalue weighted by Crippen LogP contribution is -2.27. The first-order chi connectivity index (χ1) is 13.9. The van der Waals surface area contributed by atoms with Crippen LogP contribution in [0.25, 0.3) is 0 Å². The molecule has 1 unspecified atom stereocenters. The highest BCUT2D eigenvalue weighted by molar-refractivity contribution is 9.10. The number of phenols is 1. The van der Waals surface area contributed by atoms with Gasteiger partial charge in [-0.1, -0.05) is 51.8 Å². The van der Waals surface area contributed by atoms with Gasteiger partial charge in [0.1, 0.15) is 6.04 Å². The Bertz CT molecular complexity index is 1040. The Morgan fingerprint density at radius 3 is 2.55 bits per heavy atom. The molecule has 0 aliphatic heterocycles. The number of carbonyl (C=O) groups is 1. The third-order valence-corrected chi connectivity index (χ3v) is 5.38. The Labute approximate surface area is 182 Å². The second-order valence-corrected chi connectivity index (χ2v) is 7.72. The number of hydrogen-bond acceptors (Lipinski definition) is 4. The molecule has 1 amide bonds. The Balaban J connectivity index is 1.93. The lowest BCUT2D eigenvalue weighted by Gasteiger charge is -2.22. The second-order valence-electron chi connectivity index (χ2n) is 6.46. The summed E-state index contributed by atoms with van der Waals surface area (Å²) in [6.45, 7) is 1.95. The highest BCUT2D eigenvalue weighted by atomic mass is 79.9. The zero-order chi connectivity index (χ0) is 21.0. The molecule has 1 atom stereocenters. The van der Waals surface area contributed by atoms with Crippen molar-refractivity contribution in [2.75, 3.05) is 17.7 Å². The third kappa shape index (κ3) is 5.02. The van der Waals surface area contributed by atoms with E-state index in [1.54, 1.807) is 12.1 Å². The number of methoxy groups -OCH3 is 1. The summed E-state index contributed by atoms with van der Waals surface area (Å²) >= 11 is 9.88. The van der Waals surface area contributed by atoms with Crippen molar-refractivity contribution in [3.8, 4) is 11.5 Å². The van der Waals surface area contributed by atoms with Crippen LogP contribution in [0.2, 0.25) is 5.02 Å². The van der Waals surface area contributed by atoms with E-state index in [0.717, 1.165) is 15.6 Å². The topological polar surface area (TPSA) is 70.6 Å². The number of hydrogen-bond donors (Lipinski definition) is 3. The average molecular weight is 476 g/mol. The summed E-state index contributed by atoms with van der Waals surface area (Å²) in [6, 6.07) is 17.0. The zero-order valence-electron chi connectivity index (χ0n) is 15.9. The number of aryl methyl sites for hydroxylation is 1. The average Bonchev–Trinajstić information content (AvgIpc) is 2.68. The molecule has 0 saturated heterocycles. The van der Waals surface area contributed by atoms with Crippen LogP contribution in [0.4, 0.5) is 11.4 Å². The van der Waals surface area contributed by atoms with Crippen LogP contribution in [-0.2, 0) is 4.79 Å². The first-order valence-corrected chi connectivity index (χ1v) is 10.0. The number of anilines is 2. The van der Waals surface area contributed by atoms with Gasteiger partial charge >= 0.3 is 0 Å². The predicted octanol–water partition coefficient (Wildman–Crippen LogP) is 5.92. The summed E-state index contributed by atoms with van der Waals surface area (Å²) in [5.74, 6) is -0.0368. The van der Waals surface area contributed by atoms with E-state index in [2.05, 4.69) is 26.6 Å². The number of phenolic OH excluding ortho intramolecular Hbond substituents is 1. The molecule has 0 spiro atoms. The molecule has 0 aromatic heterocycles. The first-order valence-electron chi connectivity index (χ1n) is 8.84. The maximum absolute atomic E-state index is 13.2. The normalized spacial score (nSPS) is 11.6. The second kappa shape index (κ2) is 9.20. The summed E-state index contributed by atoms with van der Waals surface area (Å²) < 4.78 is 5.83. The van der Waals surface area contributed by atoms with Crippen molar-refractivity contribution in [2.24, 2.45) is 0 Å². The summed E-state index contributed by atoms with van der Waals surface area (Å²) in [5, 5.41) is 16.6. The number of rotatable bonds is 6.